The Hall–Kier alpha value is -2.49. The van der Waals surface area contributed by atoms with Gasteiger partial charge in [0.05, 0.1) is 25.8 Å². The van der Waals surface area contributed by atoms with Gasteiger partial charge < -0.3 is 14.8 Å². The Morgan fingerprint density at radius 3 is 2.20 bits per heavy atom. The molecule has 0 spiro atoms. The van der Waals surface area contributed by atoms with Crippen molar-refractivity contribution < 1.29 is 14.3 Å². The lowest BCUT2D eigenvalue weighted by atomic mass is 9.93. The topological polar surface area (TPSA) is 47.6 Å². The van der Waals surface area contributed by atoms with Gasteiger partial charge in [0, 0.05) is 0 Å². The van der Waals surface area contributed by atoms with Crippen LogP contribution in [0.2, 0.25) is 0 Å². The molecule has 0 fully saturated rings. The first-order valence-corrected chi connectivity index (χ1v) is 8.51. The van der Waals surface area contributed by atoms with E-state index in [1.165, 1.54) is 0 Å². The van der Waals surface area contributed by atoms with Crippen LogP contribution >= 0.6 is 0 Å². The summed E-state index contributed by atoms with van der Waals surface area (Å²) in [5, 5.41) is 3.07. The lowest BCUT2D eigenvalue weighted by Gasteiger charge is -2.21. The molecule has 0 saturated heterocycles. The maximum Gasteiger partial charge on any atom is 0.255 e. The van der Waals surface area contributed by atoms with Crippen LogP contribution in [-0.4, -0.2) is 20.1 Å². The summed E-state index contributed by atoms with van der Waals surface area (Å²) in [5.41, 5.74) is 3.86. The molecule has 4 nitrogen and oxygen atoms in total. The van der Waals surface area contributed by atoms with Gasteiger partial charge in [-0.1, -0.05) is 26.0 Å². The van der Waals surface area contributed by atoms with Gasteiger partial charge in [0.1, 0.15) is 11.5 Å². The molecule has 0 bridgehead atoms. The van der Waals surface area contributed by atoms with Crippen molar-refractivity contribution >= 4 is 5.91 Å². The number of carbonyl (C=O) groups is 1. The average Bonchev–Trinajstić information content (AvgIpc) is 2.60. The molecule has 0 aliphatic heterocycles. The van der Waals surface area contributed by atoms with E-state index in [0.717, 1.165) is 22.4 Å². The highest BCUT2D eigenvalue weighted by atomic mass is 16.5. The standard InChI is InChI=1S/C21H27NO3/c1-13(2)17-12-18(14(3)11-20(17)25-6)15(4)22-21(23)16-9-7-8-10-19(16)24-5/h7-13,15H,1-6H3,(H,22,23)/t15-/m0/s1. The minimum atomic E-state index is -0.147. The predicted octanol–water partition coefficient (Wildman–Crippen LogP) is 4.63. The van der Waals surface area contributed by atoms with Crippen LogP contribution in [-0.2, 0) is 0 Å². The molecular formula is C21H27NO3. The number of hydrogen-bond acceptors (Lipinski definition) is 3. The number of methoxy groups -OCH3 is 2. The van der Waals surface area contributed by atoms with Crippen LogP contribution in [0.5, 0.6) is 11.5 Å². The lowest BCUT2D eigenvalue weighted by Crippen LogP contribution is -2.27. The first-order chi connectivity index (χ1) is 11.9. The Balaban J connectivity index is 2.30. The number of amides is 1. The first-order valence-electron chi connectivity index (χ1n) is 8.51. The molecule has 1 N–H and O–H groups in total. The second-order valence-electron chi connectivity index (χ2n) is 6.50. The summed E-state index contributed by atoms with van der Waals surface area (Å²) in [6.07, 6.45) is 0. The first kappa shape index (κ1) is 18.8. The molecule has 0 aromatic heterocycles. The van der Waals surface area contributed by atoms with Crippen molar-refractivity contribution in [3.63, 3.8) is 0 Å². The van der Waals surface area contributed by atoms with E-state index >= 15 is 0 Å². The lowest BCUT2D eigenvalue weighted by molar-refractivity contribution is 0.0937. The van der Waals surface area contributed by atoms with Crippen LogP contribution in [0.15, 0.2) is 36.4 Å². The number of para-hydroxylation sites is 1. The number of hydrogen-bond donors (Lipinski definition) is 1. The fraction of sp³-hybridized carbons (Fsp3) is 0.381. The zero-order chi connectivity index (χ0) is 18.6. The van der Waals surface area contributed by atoms with Crippen molar-refractivity contribution in [3.8, 4) is 11.5 Å². The number of carbonyl (C=O) groups excluding carboxylic acids is 1. The van der Waals surface area contributed by atoms with Gasteiger partial charge in [0.15, 0.2) is 0 Å². The molecule has 134 valence electrons. The van der Waals surface area contributed by atoms with Crippen LogP contribution in [0.25, 0.3) is 0 Å². The predicted molar refractivity (Wildman–Crippen MR) is 101 cm³/mol. The zero-order valence-electron chi connectivity index (χ0n) is 15.8. The van der Waals surface area contributed by atoms with E-state index in [1.807, 2.05) is 32.0 Å². The zero-order valence-corrected chi connectivity index (χ0v) is 15.8. The molecule has 0 saturated carbocycles. The summed E-state index contributed by atoms with van der Waals surface area (Å²) in [5.74, 6) is 1.65. The Bertz CT molecular complexity index is 753. The monoisotopic (exact) mass is 341 g/mol. The summed E-state index contributed by atoms with van der Waals surface area (Å²) < 4.78 is 10.8. The third-order valence-corrected chi connectivity index (χ3v) is 4.41. The maximum atomic E-state index is 12.6. The van der Waals surface area contributed by atoms with Crippen molar-refractivity contribution in [2.24, 2.45) is 0 Å². The number of aryl methyl sites for hydroxylation is 1. The number of benzene rings is 2. The highest BCUT2D eigenvalue weighted by Crippen LogP contribution is 2.32. The molecule has 0 heterocycles. The molecule has 0 aliphatic carbocycles. The maximum absolute atomic E-state index is 12.6. The van der Waals surface area contributed by atoms with E-state index in [0.29, 0.717) is 17.2 Å². The number of ether oxygens (including phenoxy) is 2. The normalized spacial score (nSPS) is 12.0. The van der Waals surface area contributed by atoms with Gasteiger partial charge >= 0.3 is 0 Å². The molecule has 2 aromatic rings. The summed E-state index contributed by atoms with van der Waals surface area (Å²) in [6, 6.07) is 11.3. The Morgan fingerprint density at radius 2 is 1.60 bits per heavy atom. The second kappa shape index (κ2) is 8.06. The van der Waals surface area contributed by atoms with Crippen LogP contribution in [0, 0.1) is 6.92 Å². The smallest absolute Gasteiger partial charge is 0.255 e. The fourth-order valence-electron chi connectivity index (χ4n) is 2.99. The molecular weight excluding hydrogens is 314 g/mol. The van der Waals surface area contributed by atoms with Gasteiger partial charge in [-0.25, -0.2) is 0 Å². The molecule has 1 amide bonds. The molecule has 2 aromatic carbocycles. The summed E-state index contributed by atoms with van der Waals surface area (Å²) >= 11 is 0. The number of rotatable bonds is 6. The van der Waals surface area contributed by atoms with Gasteiger partial charge in [-0.15, -0.1) is 0 Å². The van der Waals surface area contributed by atoms with E-state index in [-0.39, 0.29) is 11.9 Å². The quantitative estimate of drug-likeness (QED) is 0.833. The second-order valence-corrected chi connectivity index (χ2v) is 6.50. The summed E-state index contributed by atoms with van der Waals surface area (Å²) in [6.45, 7) is 8.30. The molecule has 0 aliphatic rings. The highest BCUT2D eigenvalue weighted by molar-refractivity contribution is 5.97. The number of nitrogens with one attached hydrogen (secondary N) is 1. The van der Waals surface area contributed by atoms with Gasteiger partial charge in [-0.2, -0.15) is 0 Å². The highest BCUT2D eigenvalue weighted by Gasteiger charge is 2.19. The van der Waals surface area contributed by atoms with Crippen LogP contribution in [0.4, 0.5) is 0 Å². The molecule has 2 rings (SSSR count). The Morgan fingerprint density at radius 1 is 0.960 bits per heavy atom. The van der Waals surface area contributed by atoms with E-state index in [9.17, 15) is 4.79 Å². The molecule has 0 unspecified atom stereocenters. The van der Waals surface area contributed by atoms with Crippen LogP contribution in [0.1, 0.15) is 59.8 Å². The van der Waals surface area contributed by atoms with Gasteiger partial charge in [-0.05, 0) is 60.7 Å². The van der Waals surface area contributed by atoms with Gasteiger partial charge in [-0.3, -0.25) is 4.79 Å². The van der Waals surface area contributed by atoms with Crippen molar-refractivity contribution in [2.45, 2.75) is 39.7 Å². The van der Waals surface area contributed by atoms with Crippen LogP contribution < -0.4 is 14.8 Å². The largest absolute Gasteiger partial charge is 0.496 e. The Labute approximate surface area is 150 Å². The Kier molecular flexibility index (Phi) is 6.07. The summed E-state index contributed by atoms with van der Waals surface area (Å²) in [7, 11) is 3.26. The van der Waals surface area contributed by atoms with E-state index < -0.39 is 0 Å². The molecule has 4 heteroatoms. The third kappa shape index (κ3) is 4.13. The molecule has 1 atom stereocenters. The van der Waals surface area contributed by atoms with Crippen LogP contribution in [0.3, 0.4) is 0 Å². The molecule has 0 radical (unpaired) electrons. The third-order valence-electron chi connectivity index (χ3n) is 4.41. The molecule has 25 heavy (non-hydrogen) atoms. The van der Waals surface area contributed by atoms with Gasteiger partial charge in [0.25, 0.3) is 5.91 Å². The fourth-order valence-corrected chi connectivity index (χ4v) is 2.99. The van der Waals surface area contributed by atoms with Crippen molar-refractivity contribution in [2.75, 3.05) is 14.2 Å². The van der Waals surface area contributed by atoms with Crippen molar-refractivity contribution in [3.05, 3.63) is 58.7 Å². The SMILES string of the molecule is COc1ccccc1C(=O)N[C@@H](C)c1cc(C(C)C)c(OC)cc1C. The summed E-state index contributed by atoms with van der Waals surface area (Å²) in [4.78, 5) is 12.6. The van der Waals surface area contributed by atoms with E-state index in [1.54, 1.807) is 26.4 Å². The van der Waals surface area contributed by atoms with E-state index in [2.05, 4.69) is 25.2 Å². The van der Waals surface area contributed by atoms with Crippen molar-refractivity contribution in [1.29, 1.82) is 0 Å². The average molecular weight is 341 g/mol. The van der Waals surface area contributed by atoms with E-state index in [4.69, 9.17) is 9.47 Å². The minimum absolute atomic E-state index is 0.124. The minimum Gasteiger partial charge on any atom is -0.496 e. The van der Waals surface area contributed by atoms with Gasteiger partial charge in [0.2, 0.25) is 0 Å². The van der Waals surface area contributed by atoms with Crippen molar-refractivity contribution in [1.82, 2.24) is 5.32 Å².